The van der Waals surface area contributed by atoms with Crippen LogP contribution in [0.2, 0.25) is 0 Å². The quantitative estimate of drug-likeness (QED) is 0.739. The van der Waals surface area contributed by atoms with Crippen LogP contribution in [0.25, 0.3) is 0 Å². The third-order valence-corrected chi connectivity index (χ3v) is 3.08. The number of nitrogens with zero attached hydrogens (tertiary/aromatic N) is 1. The van der Waals surface area contributed by atoms with Gasteiger partial charge in [0.1, 0.15) is 0 Å². The van der Waals surface area contributed by atoms with Crippen molar-refractivity contribution in [2.75, 3.05) is 7.05 Å². The Morgan fingerprint density at radius 3 is 1.65 bits per heavy atom. The third-order valence-electron chi connectivity index (χ3n) is 3.08. The molecule has 0 radical (unpaired) electrons. The number of hydrogen-bond donors (Lipinski definition) is 0. The van der Waals surface area contributed by atoms with E-state index >= 15 is 0 Å². The van der Waals surface area contributed by atoms with Gasteiger partial charge in [-0.2, -0.15) is 26.3 Å². The van der Waals surface area contributed by atoms with E-state index in [1.165, 1.54) is 11.9 Å². The fourth-order valence-corrected chi connectivity index (χ4v) is 1.72. The smallest absolute Gasteiger partial charge is 0.300 e. The summed E-state index contributed by atoms with van der Waals surface area (Å²) in [7, 11) is 1.48. The monoisotopic (exact) mass is 299 g/mol. The average molecular weight is 299 g/mol. The SMILES string of the molecule is CC(C)N(C)Cc1c(C(F)(F)F)cccc1C(F)(F)F. The van der Waals surface area contributed by atoms with Crippen molar-refractivity contribution in [3.05, 3.63) is 34.9 Å². The van der Waals surface area contributed by atoms with Crippen molar-refractivity contribution in [1.29, 1.82) is 0 Å². The highest BCUT2D eigenvalue weighted by Gasteiger charge is 2.40. The molecule has 0 N–H and O–H groups in total. The molecule has 0 unspecified atom stereocenters. The van der Waals surface area contributed by atoms with Crippen molar-refractivity contribution in [2.24, 2.45) is 0 Å². The highest BCUT2D eigenvalue weighted by atomic mass is 19.4. The fourth-order valence-electron chi connectivity index (χ4n) is 1.72. The van der Waals surface area contributed by atoms with E-state index in [0.717, 1.165) is 6.07 Å². The van der Waals surface area contributed by atoms with Gasteiger partial charge in [0.05, 0.1) is 11.1 Å². The molecule has 0 atom stereocenters. The van der Waals surface area contributed by atoms with Crippen LogP contribution in [0.3, 0.4) is 0 Å². The zero-order chi connectivity index (χ0) is 15.7. The van der Waals surface area contributed by atoms with Gasteiger partial charge in [0.25, 0.3) is 0 Å². The summed E-state index contributed by atoms with van der Waals surface area (Å²) in [6, 6.07) is 1.97. The van der Waals surface area contributed by atoms with E-state index in [1.54, 1.807) is 13.8 Å². The summed E-state index contributed by atoms with van der Waals surface area (Å²) in [5, 5.41) is 0. The summed E-state index contributed by atoms with van der Waals surface area (Å²) in [4.78, 5) is 1.43. The minimum atomic E-state index is -4.81. The Morgan fingerprint density at radius 2 is 1.35 bits per heavy atom. The van der Waals surface area contributed by atoms with Gasteiger partial charge in [0, 0.05) is 12.6 Å². The molecule has 0 aromatic heterocycles. The van der Waals surface area contributed by atoms with E-state index in [-0.39, 0.29) is 6.04 Å². The lowest BCUT2D eigenvalue weighted by atomic mass is 9.99. The minimum Gasteiger partial charge on any atom is -0.300 e. The second-order valence-corrected chi connectivity index (χ2v) is 4.84. The molecule has 0 aliphatic heterocycles. The Hall–Kier alpha value is -1.24. The summed E-state index contributed by atoms with van der Waals surface area (Å²) < 4.78 is 77.3. The molecule has 0 aliphatic carbocycles. The Morgan fingerprint density at radius 1 is 0.950 bits per heavy atom. The average Bonchev–Trinajstić information content (AvgIpc) is 2.25. The van der Waals surface area contributed by atoms with Gasteiger partial charge in [-0.15, -0.1) is 0 Å². The molecule has 1 nitrogen and oxygen atoms in total. The van der Waals surface area contributed by atoms with Crippen molar-refractivity contribution >= 4 is 0 Å². The molecule has 0 spiro atoms. The number of halogens is 6. The molecule has 1 aromatic rings. The molecule has 0 aliphatic rings. The molecule has 7 heteroatoms. The van der Waals surface area contributed by atoms with Crippen LogP contribution in [-0.4, -0.2) is 18.0 Å². The molecule has 0 saturated carbocycles. The van der Waals surface area contributed by atoms with Gasteiger partial charge in [-0.1, -0.05) is 6.07 Å². The van der Waals surface area contributed by atoms with Gasteiger partial charge in [-0.05, 0) is 38.6 Å². The lowest BCUT2D eigenvalue weighted by Gasteiger charge is -2.25. The summed E-state index contributed by atoms with van der Waals surface area (Å²) in [6.07, 6.45) is -9.62. The van der Waals surface area contributed by atoms with E-state index in [9.17, 15) is 26.3 Å². The first kappa shape index (κ1) is 16.8. The molecule has 0 bridgehead atoms. The Labute approximate surface area is 113 Å². The second-order valence-electron chi connectivity index (χ2n) is 4.84. The predicted molar refractivity (Wildman–Crippen MR) is 63.0 cm³/mol. The maximum atomic E-state index is 12.9. The highest BCUT2D eigenvalue weighted by molar-refractivity contribution is 5.39. The summed E-state index contributed by atoms with van der Waals surface area (Å²) in [6.45, 7) is 2.98. The molecule has 1 rings (SSSR count). The van der Waals surface area contributed by atoms with Gasteiger partial charge in [0.2, 0.25) is 0 Å². The van der Waals surface area contributed by atoms with Gasteiger partial charge in [-0.25, -0.2) is 0 Å². The number of rotatable bonds is 3. The summed E-state index contributed by atoms with van der Waals surface area (Å²) >= 11 is 0. The van der Waals surface area contributed by atoms with Crippen LogP contribution in [0.4, 0.5) is 26.3 Å². The van der Waals surface area contributed by atoms with E-state index in [4.69, 9.17) is 0 Å². The molecule has 0 saturated heterocycles. The van der Waals surface area contributed by atoms with Crippen LogP contribution in [0.5, 0.6) is 0 Å². The van der Waals surface area contributed by atoms with Crippen molar-refractivity contribution < 1.29 is 26.3 Å². The first-order valence-corrected chi connectivity index (χ1v) is 5.91. The highest BCUT2D eigenvalue weighted by Crippen LogP contribution is 2.39. The minimum absolute atomic E-state index is 0.169. The number of hydrogen-bond acceptors (Lipinski definition) is 1. The fraction of sp³-hybridized carbons (Fsp3) is 0.538. The van der Waals surface area contributed by atoms with Crippen molar-refractivity contribution in [1.82, 2.24) is 4.90 Å². The van der Waals surface area contributed by atoms with E-state index in [2.05, 4.69) is 0 Å². The predicted octanol–water partition coefficient (Wildman–Crippen LogP) is 4.56. The van der Waals surface area contributed by atoms with Crippen LogP contribution >= 0.6 is 0 Å². The molecule has 0 heterocycles. The van der Waals surface area contributed by atoms with Gasteiger partial charge < -0.3 is 0 Å². The van der Waals surface area contributed by atoms with E-state index < -0.39 is 35.6 Å². The normalized spacial score (nSPS) is 13.3. The summed E-state index contributed by atoms with van der Waals surface area (Å²) in [5.41, 5.74) is -3.21. The van der Waals surface area contributed by atoms with Crippen LogP contribution in [0.1, 0.15) is 30.5 Å². The lowest BCUT2D eigenvalue weighted by molar-refractivity contribution is -0.144. The maximum Gasteiger partial charge on any atom is 0.416 e. The molecule has 20 heavy (non-hydrogen) atoms. The third kappa shape index (κ3) is 3.88. The molecule has 0 amide bonds. The van der Waals surface area contributed by atoms with Crippen LogP contribution in [0, 0.1) is 0 Å². The van der Waals surface area contributed by atoms with Gasteiger partial charge in [0.15, 0.2) is 0 Å². The van der Waals surface area contributed by atoms with E-state index in [0.29, 0.717) is 12.1 Å². The first-order chi connectivity index (χ1) is 8.94. The molecule has 1 aromatic carbocycles. The number of benzene rings is 1. The van der Waals surface area contributed by atoms with Crippen LogP contribution < -0.4 is 0 Å². The summed E-state index contributed by atoms with van der Waals surface area (Å²) in [5.74, 6) is 0. The number of alkyl halides is 6. The largest absolute Gasteiger partial charge is 0.416 e. The molecule has 114 valence electrons. The Balaban J connectivity index is 3.41. The lowest BCUT2D eigenvalue weighted by Crippen LogP contribution is -2.29. The molecular formula is C13H15F6N. The Bertz CT molecular complexity index is 429. The second kappa shape index (κ2) is 5.63. The standard InChI is InChI=1S/C13H15F6N/c1-8(2)20(3)7-9-10(12(14,15)16)5-4-6-11(9)13(17,18)19/h4-6,8H,7H2,1-3H3. The van der Waals surface area contributed by atoms with E-state index in [1.807, 2.05) is 0 Å². The zero-order valence-corrected chi connectivity index (χ0v) is 11.2. The Kier molecular flexibility index (Phi) is 4.74. The van der Waals surface area contributed by atoms with Crippen LogP contribution in [0.15, 0.2) is 18.2 Å². The topological polar surface area (TPSA) is 3.24 Å². The van der Waals surface area contributed by atoms with Crippen molar-refractivity contribution in [2.45, 2.75) is 38.8 Å². The van der Waals surface area contributed by atoms with Crippen LogP contribution in [-0.2, 0) is 18.9 Å². The van der Waals surface area contributed by atoms with Gasteiger partial charge in [-0.3, -0.25) is 4.90 Å². The van der Waals surface area contributed by atoms with Crippen molar-refractivity contribution in [3.8, 4) is 0 Å². The molecule has 0 fully saturated rings. The first-order valence-electron chi connectivity index (χ1n) is 5.91. The molecular weight excluding hydrogens is 284 g/mol. The zero-order valence-electron chi connectivity index (χ0n) is 11.2. The van der Waals surface area contributed by atoms with Crippen molar-refractivity contribution in [3.63, 3.8) is 0 Å². The van der Waals surface area contributed by atoms with Gasteiger partial charge >= 0.3 is 12.4 Å². The maximum absolute atomic E-state index is 12.9.